The van der Waals surface area contributed by atoms with Gasteiger partial charge in [-0.25, -0.2) is 4.98 Å². The zero-order valence-corrected chi connectivity index (χ0v) is 19.3. The van der Waals surface area contributed by atoms with Crippen molar-refractivity contribution in [3.05, 3.63) is 124 Å². The predicted molar refractivity (Wildman–Crippen MR) is 138 cm³/mol. The molecule has 1 amide bonds. The van der Waals surface area contributed by atoms with Gasteiger partial charge in [0.15, 0.2) is 5.82 Å². The van der Waals surface area contributed by atoms with E-state index in [0.29, 0.717) is 22.3 Å². The first kappa shape index (κ1) is 22.0. The number of rotatable bonds is 5. The molecule has 1 N–H and O–H groups in total. The van der Waals surface area contributed by atoms with Gasteiger partial charge in [0, 0.05) is 28.1 Å². The minimum absolute atomic E-state index is 0.211. The van der Waals surface area contributed by atoms with Gasteiger partial charge in [-0.2, -0.15) is 9.78 Å². The van der Waals surface area contributed by atoms with Crippen molar-refractivity contribution in [2.75, 3.05) is 5.43 Å². The average molecular weight is 462 g/mol. The van der Waals surface area contributed by atoms with E-state index in [1.54, 1.807) is 29.1 Å². The lowest BCUT2D eigenvalue weighted by atomic mass is 10.2. The molecule has 0 unspecified atom stereocenters. The molecule has 0 atom stereocenters. The third-order valence-corrected chi connectivity index (χ3v) is 5.82. The van der Waals surface area contributed by atoms with Crippen LogP contribution in [0.5, 0.6) is 0 Å². The van der Waals surface area contributed by atoms with Gasteiger partial charge < -0.3 is 0 Å². The summed E-state index contributed by atoms with van der Waals surface area (Å²) in [5.74, 6) is 0.244. The standard InChI is InChI=1S/C28H23N5O2/c1-19-17-23(20(2)32(19)31-27(34)22-13-7-4-8-14-22)18-29-33-26(21-11-5-3-6-12-21)30-25-16-10-9-15-24(25)28(33)35/h3-18H,1-2H3,(H,31,34). The fourth-order valence-electron chi connectivity index (χ4n) is 3.97. The van der Waals surface area contributed by atoms with Gasteiger partial charge in [0.1, 0.15) is 0 Å². The van der Waals surface area contributed by atoms with Gasteiger partial charge in [-0.3, -0.25) is 19.7 Å². The van der Waals surface area contributed by atoms with Gasteiger partial charge in [0.2, 0.25) is 0 Å². The van der Waals surface area contributed by atoms with Gasteiger partial charge in [0.25, 0.3) is 11.5 Å². The molecule has 3 aromatic carbocycles. The molecule has 7 nitrogen and oxygen atoms in total. The van der Waals surface area contributed by atoms with E-state index in [1.807, 2.05) is 86.6 Å². The van der Waals surface area contributed by atoms with E-state index >= 15 is 0 Å². The van der Waals surface area contributed by atoms with Gasteiger partial charge in [-0.05, 0) is 44.2 Å². The lowest BCUT2D eigenvalue weighted by molar-refractivity contribution is 0.101. The van der Waals surface area contributed by atoms with E-state index in [-0.39, 0.29) is 11.5 Å². The molecular weight excluding hydrogens is 438 g/mol. The molecule has 5 rings (SSSR count). The monoisotopic (exact) mass is 461 g/mol. The Morgan fingerprint density at radius 1 is 0.914 bits per heavy atom. The van der Waals surface area contributed by atoms with E-state index in [4.69, 9.17) is 4.98 Å². The van der Waals surface area contributed by atoms with Crippen molar-refractivity contribution in [3.8, 4) is 11.4 Å². The number of aromatic nitrogens is 3. The van der Waals surface area contributed by atoms with Crippen LogP contribution in [0.15, 0.2) is 101 Å². The van der Waals surface area contributed by atoms with Crippen LogP contribution in [-0.4, -0.2) is 26.5 Å². The molecule has 2 heterocycles. The van der Waals surface area contributed by atoms with Gasteiger partial charge in [-0.1, -0.05) is 60.7 Å². The highest BCUT2D eigenvalue weighted by molar-refractivity contribution is 6.00. The van der Waals surface area contributed by atoms with Crippen LogP contribution in [0.25, 0.3) is 22.3 Å². The van der Waals surface area contributed by atoms with Crippen molar-refractivity contribution in [1.29, 1.82) is 0 Å². The van der Waals surface area contributed by atoms with Crippen LogP contribution in [0.2, 0.25) is 0 Å². The Morgan fingerprint density at radius 3 is 2.31 bits per heavy atom. The van der Waals surface area contributed by atoms with E-state index in [0.717, 1.165) is 22.5 Å². The van der Waals surface area contributed by atoms with Crippen LogP contribution in [0.4, 0.5) is 0 Å². The molecule has 0 spiro atoms. The minimum atomic E-state index is -0.253. The SMILES string of the molecule is Cc1cc(C=Nn2c(-c3ccccc3)nc3ccccc3c2=O)c(C)n1NC(=O)c1ccccc1. The van der Waals surface area contributed by atoms with Crippen LogP contribution in [0, 0.1) is 13.8 Å². The molecule has 0 saturated heterocycles. The molecule has 0 aliphatic heterocycles. The van der Waals surface area contributed by atoms with Crippen LogP contribution in [0.3, 0.4) is 0 Å². The minimum Gasteiger partial charge on any atom is -0.267 e. The van der Waals surface area contributed by atoms with Crippen molar-refractivity contribution in [1.82, 2.24) is 14.3 Å². The zero-order chi connectivity index (χ0) is 24.4. The summed E-state index contributed by atoms with van der Waals surface area (Å²) in [7, 11) is 0. The summed E-state index contributed by atoms with van der Waals surface area (Å²) in [5, 5.41) is 5.04. The van der Waals surface area contributed by atoms with Crippen LogP contribution >= 0.6 is 0 Å². The molecule has 0 fully saturated rings. The highest BCUT2D eigenvalue weighted by atomic mass is 16.2. The number of carbonyl (C=O) groups is 1. The smallest absolute Gasteiger partial charge is 0.267 e. The first-order valence-electron chi connectivity index (χ1n) is 11.2. The highest BCUT2D eigenvalue weighted by Crippen LogP contribution is 2.19. The lowest BCUT2D eigenvalue weighted by Gasteiger charge is -2.11. The first-order chi connectivity index (χ1) is 17.0. The van der Waals surface area contributed by atoms with Crippen LogP contribution < -0.4 is 11.0 Å². The number of hydrogen-bond acceptors (Lipinski definition) is 4. The number of nitrogens with zero attached hydrogens (tertiary/aromatic N) is 4. The second-order valence-corrected chi connectivity index (χ2v) is 8.15. The summed E-state index contributed by atoms with van der Waals surface area (Å²) >= 11 is 0. The van der Waals surface area contributed by atoms with E-state index in [1.165, 1.54) is 4.68 Å². The molecule has 172 valence electrons. The molecule has 0 saturated carbocycles. The number of fused-ring (bicyclic) bond motifs is 1. The topological polar surface area (TPSA) is 81.3 Å². The van der Waals surface area contributed by atoms with Gasteiger partial charge in [0.05, 0.1) is 17.1 Å². The van der Waals surface area contributed by atoms with E-state index < -0.39 is 0 Å². The second-order valence-electron chi connectivity index (χ2n) is 8.15. The number of benzene rings is 3. The van der Waals surface area contributed by atoms with Crippen molar-refractivity contribution >= 4 is 23.0 Å². The number of nitrogens with one attached hydrogen (secondary N) is 1. The Morgan fingerprint density at radius 2 is 1.57 bits per heavy atom. The molecule has 5 aromatic rings. The third kappa shape index (κ3) is 4.27. The molecular formula is C28H23N5O2. The van der Waals surface area contributed by atoms with Crippen molar-refractivity contribution < 1.29 is 4.79 Å². The normalized spacial score (nSPS) is 11.3. The summed E-state index contributed by atoms with van der Waals surface area (Å²) in [6.07, 6.45) is 1.62. The van der Waals surface area contributed by atoms with Crippen molar-refractivity contribution in [2.45, 2.75) is 13.8 Å². The fraction of sp³-hybridized carbons (Fsp3) is 0.0714. The fourth-order valence-corrected chi connectivity index (χ4v) is 3.97. The Balaban J connectivity index is 1.55. The summed E-state index contributed by atoms with van der Waals surface area (Å²) in [4.78, 5) is 30.7. The lowest BCUT2D eigenvalue weighted by Crippen LogP contribution is -2.24. The number of para-hydroxylation sites is 1. The van der Waals surface area contributed by atoms with E-state index in [2.05, 4.69) is 10.5 Å². The largest absolute Gasteiger partial charge is 0.282 e. The summed E-state index contributed by atoms with van der Waals surface area (Å²) < 4.78 is 3.04. The molecule has 0 aliphatic carbocycles. The Kier molecular flexibility index (Phi) is 5.81. The van der Waals surface area contributed by atoms with E-state index in [9.17, 15) is 9.59 Å². The summed E-state index contributed by atoms with van der Waals surface area (Å²) in [6.45, 7) is 3.79. The zero-order valence-electron chi connectivity index (χ0n) is 19.3. The summed E-state index contributed by atoms with van der Waals surface area (Å²) in [6, 6.07) is 27.7. The van der Waals surface area contributed by atoms with Crippen LogP contribution in [0.1, 0.15) is 27.3 Å². The first-order valence-corrected chi connectivity index (χ1v) is 11.2. The Hall–Kier alpha value is -4.78. The highest BCUT2D eigenvalue weighted by Gasteiger charge is 2.14. The number of amides is 1. The number of aryl methyl sites for hydroxylation is 1. The molecule has 35 heavy (non-hydrogen) atoms. The van der Waals surface area contributed by atoms with Crippen molar-refractivity contribution in [3.63, 3.8) is 0 Å². The van der Waals surface area contributed by atoms with Crippen molar-refractivity contribution in [2.24, 2.45) is 5.10 Å². The number of carbonyl (C=O) groups excluding carboxylic acids is 1. The number of hydrogen-bond donors (Lipinski definition) is 1. The quantitative estimate of drug-likeness (QED) is 0.384. The third-order valence-electron chi connectivity index (χ3n) is 5.82. The molecule has 0 radical (unpaired) electrons. The molecule has 0 bridgehead atoms. The maximum Gasteiger partial charge on any atom is 0.282 e. The van der Waals surface area contributed by atoms with Gasteiger partial charge >= 0.3 is 0 Å². The maximum absolute atomic E-state index is 13.4. The molecule has 0 aliphatic rings. The Labute approximate surface area is 202 Å². The maximum atomic E-state index is 13.4. The van der Waals surface area contributed by atoms with Crippen LogP contribution in [-0.2, 0) is 0 Å². The van der Waals surface area contributed by atoms with Gasteiger partial charge in [-0.15, -0.1) is 0 Å². The molecule has 7 heteroatoms. The predicted octanol–water partition coefficient (Wildman–Crippen LogP) is 4.75. The average Bonchev–Trinajstić information content (AvgIpc) is 3.16. The second kappa shape index (κ2) is 9.23. The summed E-state index contributed by atoms with van der Waals surface area (Å²) in [5.41, 5.74) is 7.03. The molecule has 2 aromatic heterocycles. The Bertz CT molecular complexity index is 1620.